The minimum Gasteiger partial charge on any atom is -0.305 e. The summed E-state index contributed by atoms with van der Waals surface area (Å²) < 4.78 is 25.7. The van der Waals surface area contributed by atoms with Crippen LogP contribution in [0.4, 0.5) is 5.82 Å². The quantitative estimate of drug-likeness (QED) is 0.748. The van der Waals surface area contributed by atoms with E-state index in [0.29, 0.717) is 22.0 Å². The summed E-state index contributed by atoms with van der Waals surface area (Å²) in [4.78, 5) is 13.1. The van der Waals surface area contributed by atoms with E-state index >= 15 is 0 Å². The summed E-state index contributed by atoms with van der Waals surface area (Å²) >= 11 is 1.33. The fourth-order valence-electron chi connectivity index (χ4n) is 3.09. The molecule has 134 valence electrons. The zero-order valence-corrected chi connectivity index (χ0v) is 15.9. The van der Waals surface area contributed by atoms with Gasteiger partial charge in [0.05, 0.1) is 27.8 Å². The molecule has 26 heavy (non-hydrogen) atoms. The molecule has 0 unspecified atom stereocenters. The summed E-state index contributed by atoms with van der Waals surface area (Å²) in [6.45, 7) is 3.99. The monoisotopic (exact) mass is 387 g/mol. The van der Waals surface area contributed by atoms with Gasteiger partial charge in [0.2, 0.25) is 0 Å². The highest BCUT2D eigenvalue weighted by atomic mass is 32.2. The maximum Gasteiger partial charge on any atom is 0.266 e. The van der Waals surface area contributed by atoms with Crippen molar-refractivity contribution in [1.29, 1.82) is 0 Å². The molecule has 0 fully saturated rings. The molecule has 4 rings (SSSR count). The summed E-state index contributed by atoms with van der Waals surface area (Å²) in [6.07, 6.45) is 0. The molecule has 1 N–H and O–H groups in total. The molecule has 0 aliphatic carbocycles. The first-order valence-electron chi connectivity index (χ1n) is 8.08. The topological polar surface area (TPSA) is 81.1 Å². The van der Waals surface area contributed by atoms with Crippen molar-refractivity contribution in [1.82, 2.24) is 9.78 Å². The van der Waals surface area contributed by atoms with E-state index in [1.165, 1.54) is 11.3 Å². The number of nitrogens with one attached hydrogen (secondary N) is 1. The number of aromatic nitrogens is 2. The lowest BCUT2D eigenvalue weighted by atomic mass is 10.1. The Morgan fingerprint density at radius 2 is 2.00 bits per heavy atom. The van der Waals surface area contributed by atoms with E-state index in [9.17, 15) is 13.2 Å². The van der Waals surface area contributed by atoms with E-state index in [0.717, 1.165) is 16.8 Å². The molecule has 1 aliphatic heterocycles. The van der Waals surface area contributed by atoms with E-state index in [-0.39, 0.29) is 17.4 Å². The zero-order valence-electron chi connectivity index (χ0n) is 14.3. The Morgan fingerprint density at radius 3 is 2.73 bits per heavy atom. The van der Waals surface area contributed by atoms with Crippen LogP contribution in [0, 0.1) is 13.8 Å². The van der Waals surface area contributed by atoms with Gasteiger partial charge in [0.25, 0.3) is 5.91 Å². The minimum absolute atomic E-state index is 0.0952. The molecule has 6 nitrogen and oxygen atoms in total. The van der Waals surface area contributed by atoms with Gasteiger partial charge in [0.1, 0.15) is 5.82 Å². The molecule has 0 saturated heterocycles. The molecule has 1 aromatic carbocycles. The number of hydrogen-bond acceptors (Lipinski definition) is 5. The van der Waals surface area contributed by atoms with Gasteiger partial charge in [-0.25, -0.2) is 13.1 Å². The second-order valence-electron chi connectivity index (χ2n) is 6.37. The van der Waals surface area contributed by atoms with E-state index in [2.05, 4.69) is 10.4 Å². The third kappa shape index (κ3) is 2.85. The fourth-order valence-corrected chi connectivity index (χ4v) is 5.20. The third-order valence-corrected chi connectivity index (χ3v) is 6.88. The first-order valence-corrected chi connectivity index (χ1v) is 10.8. The van der Waals surface area contributed by atoms with Crippen LogP contribution in [-0.2, 0) is 21.3 Å². The van der Waals surface area contributed by atoms with Crippen molar-refractivity contribution in [2.24, 2.45) is 0 Å². The van der Waals surface area contributed by atoms with Gasteiger partial charge in [-0.3, -0.25) is 4.79 Å². The van der Waals surface area contributed by atoms with Gasteiger partial charge in [-0.1, -0.05) is 18.2 Å². The standard InChI is InChI=1S/C18H17N3O3S2/c1-11-5-3-6-15(12(11)2)21-17(19-18(22)16-7-4-8-25-16)13-9-26(23,24)10-14(13)20-21/h3-8H,9-10H2,1-2H3,(H,19,22). The predicted octanol–water partition coefficient (Wildman–Crippen LogP) is 3.23. The lowest BCUT2D eigenvalue weighted by Gasteiger charge is -2.14. The fraction of sp³-hybridized carbons (Fsp3) is 0.222. The summed E-state index contributed by atoms with van der Waals surface area (Å²) in [6, 6.07) is 9.38. The number of hydrogen-bond donors (Lipinski definition) is 1. The van der Waals surface area contributed by atoms with Crippen LogP contribution in [0.25, 0.3) is 5.69 Å². The smallest absolute Gasteiger partial charge is 0.266 e. The Bertz CT molecular complexity index is 1110. The lowest BCUT2D eigenvalue weighted by molar-refractivity contribution is 0.102. The van der Waals surface area contributed by atoms with E-state index in [1.54, 1.807) is 16.8 Å². The van der Waals surface area contributed by atoms with Crippen LogP contribution in [-0.4, -0.2) is 24.1 Å². The van der Waals surface area contributed by atoms with Gasteiger partial charge in [0, 0.05) is 5.56 Å². The lowest BCUT2D eigenvalue weighted by Crippen LogP contribution is -2.16. The van der Waals surface area contributed by atoms with Crippen LogP contribution in [0.1, 0.15) is 32.1 Å². The Morgan fingerprint density at radius 1 is 1.19 bits per heavy atom. The van der Waals surface area contributed by atoms with Crippen molar-refractivity contribution in [3.05, 3.63) is 63.0 Å². The van der Waals surface area contributed by atoms with E-state index in [4.69, 9.17) is 0 Å². The second-order valence-corrected chi connectivity index (χ2v) is 9.38. The van der Waals surface area contributed by atoms with Gasteiger partial charge in [-0.05, 0) is 42.5 Å². The van der Waals surface area contributed by atoms with Gasteiger partial charge in [-0.2, -0.15) is 5.10 Å². The number of fused-ring (bicyclic) bond motifs is 1. The van der Waals surface area contributed by atoms with Crippen molar-refractivity contribution in [3.63, 3.8) is 0 Å². The van der Waals surface area contributed by atoms with Crippen molar-refractivity contribution >= 4 is 32.9 Å². The maximum atomic E-state index is 12.6. The number of carbonyl (C=O) groups is 1. The van der Waals surface area contributed by atoms with Crippen LogP contribution < -0.4 is 5.32 Å². The van der Waals surface area contributed by atoms with Crippen LogP contribution in [0.15, 0.2) is 35.7 Å². The molecule has 3 aromatic rings. The Hall–Kier alpha value is -2.45. The number of benzene rings is 1. The Balaban J connectivity index is 1.85. The van der Waals surface area contributed by atoms with Crippen LogP contribution in [0.3, 0.4) is 0 Å². The van der Waals surface area contributed by atoms with Gasteiger partial charge < -0.3 is 5.32 Å². The summed E-state index contributed by atoms with van der Waals surface area (Å²) in [5.74, 6) is -0.0262. The SMILES string of the molecule is Cc1cccc(-n2nc3c(c2NC(=O)c2cccs2)CS(=O)(=O)C3)c1C. The molecule has 1 amide bonds. The zero-order chi connectivity index (χ0) is 18.5. The number of nitrogens with zero attached hydrogens (tertiary/aromatic N) is 2. The van der Waals surface area contributed by atoms with Gasteiger partial charge in [0.15, 0.2) is 9.84 Å². The Kier molecular flexibility index (Phi) is 3.96. The number of aryl methyl sites for hydroxylation is 1. The van der Waals surface area contributed by atoms with Crippen LogP contribution in [0.5, 0.6) is 0 Å². The Labute approximate surface area is 155 Å². The molecule has 0 atom stereocenters. The third-order valence-electron chi connectivity index (χ3n) is 4.57. The average molecular weight is 387 g/mol. The van der Waals surface area contributed by atoms with Gasteiger partial charge in [-0.15, -0.1) is 11.3 Å². The molecular weight excluding hydrogens is 370 g/mol. The molecular formula is C18H17N3O3S2. The number of amides is 1. The summed E-state index contributed by atoms with van der Waals surface area (Å²) in [7, 11) is -3.22. The predicted molar refractivity (Wildman–Crippen MR) is 102 cm³/mol. The molecule has 2 aromatic heterocycles. The van der Waals surface area contributed by atoms with E-state index in [1.807, 2.05) is 37.4 Å². The highest BCUT2D eigenvalue weighted by molar-refractivity contribution is 7.90. The number of carbonyl (C=O) groups excluding carboxylic acids is 1. The molecule has 0 spiro atoms. The van der Waals surface area contributed by atoms with Crippen LogP contribution >= 0.6 is 11.3 Å². The average Bonchev–Trinajstić information content (AvgIpc) is 3.27. The molecule has 0 radical (unpaired) electrons. The van der Waals surface area contributed by atoms with Crippen molar-refractivity contribution in [3.8, 4) is 5.69 Å². The molecule has 1 aliphatic rings. The van der Waals surface area contributed by atoms with Crippen molar-refractivity contribution < 1.29 is 13.2 Å². The largest absolute Gasteiger partial charge is 0.305 e. The molecule has 8 heteroatoms. The number of anilines is 1. The highest BCUT2D eigenvalue weighted by Gasteiger charge is 2.33. The summed E-state index contributed by atoms with van der Waals surface area (Å²) in [5.41, 5.74) is 4.05. The second kappa shape index (κ2) is 6.07. The molecule has 0 bridgehead atoms. The number of thiophene rings is 1. The maximum absolute atomic E-state index is 12.6. The van der Waals surface area contributed by atoms with Crippen molar-refractivity contribution in [2.45, 2.75) is 25.4 Å². The number of rotatable bonds is 3. The first-order chi connectivity index (χ1) is 12.4. The minimum atomic E-state index is -3.22. The highest BCUT2D eigenvalue weighted by Crippen LogP contribution is 2.34. The van der Waals surface area contributed by atoms with Crippen molar-refractivity contribution in [2.75, 3.05) is 5.32 Å². The van der Waals surface area contributed by atoms with E-state index < -0.39 is 9.84 Å². The normalized spacial score (nSPS) is 15.0. The number of sulfone groups is 1. The molecule has 0 saturated carbocycles. The van der Waals surface area contributed by atoms with Crippen LogP contribution in [0.2, 0.25) is 0 Å². The van der Waals surface area contributed by atoms with Gasteiger partial charge >= 0.3 is 0 Å². The first kappa shape index (κ1) is 17.0. The summed E-state index contributed by atoms with van der Waals surface area (Å²) in [5, 5.41) is 9.23. The molecule has 3 heterocycles.